The number of aromatic nitrogens is 1. The molecule has 0 amide bonds. The largest absolute Gasteiger partial charge is 0.500 e. The van der Waals surface area contributed by atoms with Crippen LogP contribution in [0.3, 0.4) is 0 Å². The zero-order chi connectivity index (χ0) is 32.0. The van der Waals surface area contributed by atoms with E-state index in [0.717, 1.165) is 43.9 Å². The number of hydrogen-bond acceptors (Lipinski definition) is 5. The van der Waals surface area contributed by atoms with E-state index in [2.05, 4.69) is 182 Å². The molecule has 0 aliphatic carbocycles. The summed E-state index contributed by atoms with van der Waals surface area (Å²) in [5.74, 6) is 0.880. The minimum absolute atomic E-state index is 0. The van der Waals surface area contributed by atoms with E-state index in [4.69, 9.17) is 4.98 Å². The predicted molar refractivity (Wildman–Crippen MR) is 195 cm³/mol. The Hall–Kier alpha value is -4.57. The maximum absolute atomic E-state index is 4.95. The van der Waals surface area contributed by atoms with Crippen LogP contribution in [0, 0.1) is 18.8 Å². The third-order valence-electron chi connectivity index (χ3n) is 8.56. The fourth-order valence-corrected chi connectivity index (χ4v) is 6.97. The Balaban J connectivity index is 0.00000364. The Morgan fingerprint density at radius 1 is 0.646 bits per heavy atom. The van der Waals surface area contributed by atoms with E-state index < -0.39 is 0 Å². The molecule has 2 aliphatic heterocycles. The second-order valence-electron chi connectivity index (χ2n) is 12.7. The molecule has 0 spiro atoms. The van der Waals surface area contributed by atoms with Crippen LogP contribution < -0.4 is 14.7 Å². The molecule has 240 valence electrons. The SMILES string of the molecule is CC(C)(C)c1ccnc(N2c3[c-]c(Sc4[c-]c(N5C=CN(c6ccccc6)[CH-]5)ccc4)ccc3-c3ccccc3-c3ccccc32)c1.[Pt]. The number of anilines is 5. The van der Waals surface area contributed by atoms with E-state index in [1.165, 1.54) is 22.3 Å². The van der Waals surface area contributed by atoms with E-state index in [1.807, 2.05) is 12.3 Å². The van der Waals surface area contributed by atoms with Gasteiger partial charge in [0, 0.05) is 38.5 Å². The van der Waals surface area contributed by atoms with Gasteiger partial charge in [0.05, 0.1) is 5.69 Å². The molecular formula is C42H33N4PtS-3. The maximum atomic E-state index is 4.95. The Labute approximate surface area is 302 Å². The van der Waals surface area contributed by atoms with Gasteiger partial charge in [0.25, 0.3) is 0 Å². The minimum atomic E-state index is -0.0167. The van der Waals surface area contributed by atoms with Gasteiger partial charge in [-0.05, 0) is 59.3 Å². The molecule has 2 aliphatic rings. The molecule has 6 heteroatoms. The Kier molecular flexibility index (Phi) is 8.76. The fraction of sp³-hybridized carbons (Fsp3) is 0.0952. The van der Waals surface area contributed by atoms with E-state index in [-0.39, 0.29) is 26.5 Å². The number of rotatable bonds is 5. The van der Waals surface area contributed by atoms with E-state index in [1.54, 1.807) is 11.8 Å². The first-order valence-corrected chi connectivity index (χ1v) is 16.6. The normalized spacial score (nSPS) is 13.4. The van der Waals surface area contributed by atoms with Gasteiger partial charge in [-0.2, -0.15) is 30.3 Å². The quantitative estimate of drug-likeness (QED) is 0.161. The molecule has 3 heterocycles. The van der Waals surface area contributed by atoms with Gasteiger partial charge >= 0.3 is 0 Å². The predicted octanol–water partition coefficient (Wildman–Crippen LogP) is 11.2. The van der Waals surface area contributed by atoms with Crippen molar-refractivity contribution < 1.29 is 21.1 Å². The molecule has 0 radical (unpaired) electrons. The van der Waals surface area contributed by atoms with Crippen molar-refractivity contribution in [3.63, 3.8) is 0 Å². The average molecular weight is 821 g/mol. The van der Waals surface area contributed by atoms with Crippen LogP contribution in [0.25, 0.3) is 22.3 Å². The van der Waals surface area contributed by atoms with Crippen LogP contribution in [0.1, 0.15) is 26.3 Å². The van der Waals surface area contributed by atoms with E-state index in [9.17, 15) is 0 Å². The molecule has 0 bridgehead atoms. The zero-order valence-electron chi connectivity index (χ0n) is 26.9. The topological polar surface area (TPSA) is 22.6 Å². The van der Waals surface area contributed by atoms with Crippen LogP contribution in [0.4, 0.5) is 28.6 Å². The summed E-state index contributed by atoms with van der Waals surface area (Å²) in [6, 6.07) is 50.1. The molecule has 5 aromatic carbocycles. The Morgan fingerprint density at radius 3 is 2.12 bits per heavy atom. The molecule has 0 N–H and O–H groups in total. The van der Waals surface area contributed by atoms with Crippen molar-refractivity contribution in [2.75, 3.05) is 14.7 Å². The summed E-state index contributed by atoms with van der Waals surface area (Å²) in [4.78, 5) is 13.5. The smallest absolute Gasteiger partial charge is 0.135 e. The summed E-state index contributed by atoms with van der Waals surface area (Å²) in [5.41, 5.74) is 10.1. The number of pyridine rings is 1. The van der Waals surface area contributed by atoms with E-state index in [0.29, 0.717) is 0 Å². The number of para-hydroxylation sites is 2. The second-order valence-corrected chi connectivity index (χ2v) is 13.8. The standard InChI is InChI=1S/C42H33N4S.Pt/c1-42(2,3)30-22-23-43-41(26-30)46-39-19-10-9-18-37(39)35-16-7-8-17-36(35)38-21-20-34(28-40(38)46)47-33-15-11-14-32(27-33)45-25-24-44(29-45)31-12-5-4-6-13-31;/h4-26,29H,1-3H3;/q-3;. The van der Waals surface area contributed by atoms with Crippen molar-refractivity contribution in [3.05, 3.63) is 164 Å². The van der Waals surface area contributed by atoms with Crippen LogP contribution in [0.5, 0.6) is 0 Å². The molecule has 6 aromatic rings. The summed E-state index contributed by atoms with van der Waals surface area (Å²) < 4.78 is 0. The van der Waals surface area contributed by atoms with Gasteiger partial charge in [-0.1, -0.05) is 92.7 Å². The number of benzene rings is 5. The Morgan fingerprint density at radius 2 is 1.33 bits per heavy atom. The number of fused-ring (bicyclic) bond motifs is 5. The van der Waals surface area contributed by atoms with Crippen LogP contribution in [-0.4, -0.2) is 4.98 Å². The van der Waals surface area contributed by atoms with Crippen molar-refractivity contribution in [1.82, 2.24) is 4.98 Å². The molecular weight excluding hydrogens is 788 g/mol. The summed E-state index contributed by atoms with van der Waals surface area (Å²) in [7, 11) is 0. The minimum Gasteiger partial charge on any atom is -0.500 e. The van der Waals surface area contributed by atoms with Crippen molar-refractivity contribution in [3.8, 4) is 22.3 Å². The second kappa shape index (κ2) is 13.1. The number of hydrogen-bond donors (Lipinski definition) is 0. The molecule has 4 nitrogen and oxygen atoms in total. The first-order chi connectivity index (χ1) is 22.9. The molecule has 8 rings (SSSR count). The van der Waals surface area contributed by atoms with Crippen LogP contribution >= 0.6 is 11.8 Å². The van der Waals surface area contributed by atoms with E-state index >= 15 is 0 Å². The molecule has 0 saturated carbocycles. The van der Waals surface area contributed by atoms with Gasteiger partial charge in [-0.15, -0.1) is 51.6 Å². The van der Waals surface area contributed by atoms with Crippen LogP contribution in [0.2, 0.25) is 0 Å². The van der Waals surface area contributed by atoms with Crippen molar-refractivity contribution in [2.45, 2.75) is 36.0 Å². The molecule has 0 atom stereocenters. The number of nitrogens with zero attached hydrogens (tertiary/aromatic N) is 4. The average Bonchev–Trinajstić information content (AvgIpc) is 3.56. The van der Waals surface area contributed by atoms with Gasteiger partial charge in [0.1, 0.15) is 5.82 Å². The van der Waals surface area contributed by atoms with Crippen molar-refractivity contribution >= 4 is 40.3 Å². The van der Waals surface area contributed by atoms with Gasteiger partial charge in [0.15, 0.2) is 0 Å². The first-order valence-electron chi connectivity index (χ1n) is 15.8. The molecule has 0 unspecified atom stereocenters. The van der Waals surface area contributed by atoms with Gasteiger partial charge in [-0.25, -0.2) is 4.98 Å². The molecule has 1 aromatic heterocycles. The summed E-state index contributed by atoms with van der Waals surface area (Å²) >= 11 is 1.67. The van der Waals surface area contributed by atoms with Gasteiger partial charge < -0.3 is 14.7 Å². The summed E-state index contributed by atoms with van der Waals surface area (Å²) in [6.07, 6.45) is 6.06. The van der Waals surface area contributed by atoms with Crippen LogP contribution in [-0.2, 0) is 26.5 Å². The molecule has 0 saturated heterocycles. The molecule has 48 heavy (non-hydrogen) atoms. The van der Waals surface area contributed by atoms with Crippen molar-refractivity contribution in [2.24, 2.45) is 0 Å². The monoisotopic (exact) mass is 820 g/mol. The Bertz CT molecular complexity index is 2120. The van der Waals surface area contributed by atoms with Crippen LogP contribution in [0.15, 0.2) is 150 Å². The van der Waals surface area contributed by atoms with Gasteiger partial charge in [0.2, 0.25) is 0 Å². The molecule has 0 fully saturated rings. The third kappa shape index (κ3) is 6.09. The summed E-state index contributed by atoms with van der Waals surface area (Å²) in [5, 5.41) is 0. The maximum Gasteiger partial charge on any atom is 0.135 e. The third-order valence-corrected chi connectivity index (χ3v) is 9.47. The summed E-state index contributed by atoms with van der Waals surface area (Å²) in [6.45, 7) is 8.81. The fourth-order valence-electron chi connectivity index (χ4n) is 6.15. The van der Waals surface area contributed by atoms with Gasteiger partial charge in [-0.3, -0.25) is 0 Å². The van der Waals surface area contributed by atoms with Crippen molar-refractivity contribution in [1.29, 1.82) is 0 Å². The first kappa shape index (κ1) is 32.0. The zero-order valence-corrected chi connectivity index (χ0v) is 30.0.